The molecule has 0 amide bonds. The summed E-state index contributed by atoms with van der Waals surface area (Å²) in [6.45, 7) is 8.00. The summed E-state index contributed by atoms with van der Waals surface area (Å²) in [7, 11) is -4.29. The van der Waals surface area contributed by atoms with Crippen LogP contribution in [-0.2, 0) is 11.0 Å². The van der Waals surface area contributed by atoms with Crippen molar-refractivity contribution in [1.29, 1.82) is 0 Å². The maximum Gasteiger partial charge on any atom is 0.366 e. The molecule has 0 spiro atoms. The molecule has 0 saturated heterocycles. The third-order valence-corrected chi connectivity index (χ3v) is 15.0. The van der Waals surface area contributed by atoms with E-state index >= 15 is 0 Å². The first kappa shape index (κ1) is 39.0. The Balaban J connectivity index is 1.48. The fourth-order valence-electron chi connectivity index (χ4n) is 5.82. The molecule has 0 radical (unpaired) electrons. The minimum Gasteiger partial charge on any atom is -0.493 e. The normalized spacial score (nSPS) is 11.8. The Labute approximate surface area is 314 Å². The van der Waals surface area contributed by atoms with Gasteiger partial charge in [0.25, 0.3) is 0 Å². The lowest BCUT2D eigenvalue weighted by Gasteiger charge is -2.17. The Hall–Kier alpha value is -2.23. The predicted octanol–water partition coefficient (Wildman–Crippen LogP) is 13.4. The van der Waals surface area contributed by atoms with Crippen LogP contribution in [0, 0.1) is 0 Å². The molecule has 5 nitrogen and oxygen atoms in total. The van der Waals surface area contributed by atoms with Crippen molar-refractivity contribution < 1.29 is 23.8 Å². The van der Waals surface area contributed by atoms with E-state index in [2.05, 4.69) is 63.2 Å². The zero-order chi connectivity index (χ0) is 35.3. The van der Waals surface area contributed by atoms with Crippen LogP contribution in [0.5, 0.6) is 11.5 Å². The monoisotopic (exact) mass is 770 g/mol. The van der Waals surface area contributed by atoms with Crippen LogP contribution >= 0.6 is 52.9 Å². The molecular weight excluding hydrogens is 720 g/mol. The van der Waals surface area contributed by atoms with Gasteiger partial charge in [0.2, 0.25) is 0 Å². The fourth-order valence-corrected chi connectivity index (χ4v) is 10.9. The summed E-state index contributed by atoms with van der Waals surface area (Å²) in [5, 5.41) is 0. The van der Waals surface area contributed by atoms with Gasteiger partial charge >= 0.3 is 7.60 Å². The van der Waals surface area contributed by atoms with E-state index in [-0.39, 0.29) is 4.62 Å². The average molecular weight is 771 g/mol. The van der Waals surface area contributed by atoms with Crippen molar-refractivity contribution in [3.63, 3.8) is 0 Å². The number of benzene rings is 1. The number of thiophene rings is 4. The lowest BCUT2D eigenvalue weighted by atomic mass is 10.1. The van der Waals surface area contributed by atoms with Crippen LogP contribution in [0.25, 0.3) is 40.4 Å². The molecule has 2 N–H and O–H groups in total. The summed E-state index contributed by atoms with van der Waals surface area (Å²) in [4.78, 5) is 27.4. The van der Waals surface area contributed by atoms with E-state index < -0.39 is 7.60 Å². The second kappa shape index (κ2) is 19.6. The van der Waals surface area contributed by atoms with Crippen LogP contribution in [0.4, 0.5) is 0 Å². The van der Waals surface area contributed by atoms with Gasteiger partial charge in [0.05, 0.1) is 13.2 Å². The molecule has 0 fully saturated rings. The van der Waals surface area contributed by atoms with Crippen LogP contribution in [0.2, 0.25) is 0 Å². The molecule has 50 heavy (non-hydrogen) atoms. The summed E-state index contributed by atoms with van der Waals surface area (Å²) >= 11 is 6.48. The highest BCUT2D eigenvalue weighted by molar-refractivity contribution is 7.67. The van der Waals surface area contributed by atoms with Crippen molar-refractivity contribution in [1.82, 2.24) is 0 Å². The highest BCUT2D eigenvalue weighted by atomic mass is 32.1. The van der Waals surface area contributed by atoms with Crippen LogP contribution in [0.1, 0.15) is 103 Å². The smallest absolute Gasteiger partial charge is 0.366 e. The number of aryl methyl sites for hydroxylation is 1. The summed E-state index contributed by atoms with van der Waals surface area (Å²) in [5.74, 6) is 1.70. The van der Waals surface area contributed by atoms with Gasteiger partial charge < -0.3 is 19.3 Å². The molecule has 5 aromatic rings. The first-order valence-corrected chi connectivity index (χ1v) is 23.1. The first-order valence-electron chi connectivity index (χ1n) is 18.2. The van der Waals surface area contributed by atoms with Crippen molar-refractivity contribution in [2.45, 2.75) is 104 Å². The summed E-state index contributed by atoms with van der Waals surface area (Å²) < 4.78 is 25.1. The van der Waals surface area contributed by atoms with Gasteiger partial charge in [-0.15, -0.1) is 45.3 Å². The third kappa shape index (κ3) is 10.9. The topological polar surface area (TPSA) is 76.0 Å². The molecule has 4 heterocycles. The first-order chi connectivity index (χ1) is 24.3. The van der Waals surface area contributed by atoms with Crippen molar-refractivity contribution >= 4 is 57.6 Å². The van der Waals surface area contributed by atoms with E-state index in [0.29, 0.717) is 13.2 Å². The number of rotatable bonds is 22. The van der Waals surface area contributed by atoms with Crippen molar-refractivity contribution in [3.8, 4) is 51.9 Å². The second-order valence-corrected chi connectivity index (χ2v) is 19.0. The Morgan fingerprint density at radius 1 is 0.520 bits per heavy atom. The Morgan fingerprint density at radius 3 is 1.46 bits per heavy atom. The predicted molar refractivity (Wildman–Crippen MR) is 218 cm³/mol. The van der Waals surface area contributed by atoms with E-state index in [1.807, 2.05) is 28.7 Å². The summed E-state index contributed by atoms with van der Waals surface area (Å²) in [6, 6.07) is 20.8. The quantitative estimate of drug-likeness (QED) is 0.0541. The molecule has 1 aromatic carbocycles. The maximum atomic E-state index is 11.9. The molecule has 0 bridgehead atoms. The van der Waals surface area contributed by atoms with Gasteiger partial charge in [0.1, 0.15) is 16.1 Å². The second-order valence-electron chi connectivity index (χ2n) is 12.7. The van der Waals surface area contributed by atoms with Gasteiger partial charge in [-0.2, -0.15) is 0 Å². The van der Waals surface area contributed by atoms with E-state index in [4.69, 9.17) is 9.47 Å². The summed E-state index contributed by atoms with van der Waals surface area (Å²) in [6.07, 6.45) is 15.3. The number of hydrogen-bond acceptors (Lipinski definition) is 7. The largest absolute Gasteiger partial charge is 0.493 e. The highest BCUT2D eigenvalue weighted by Crippen LogP contribution is 2.48. The Bertz CT molecular complexity index is 1810. The molecular formula is C40H51O5PS4. The van der Waals surface area contributed by atoms with Gasteiger partial charge in [-0.25, -0.2) is 0 Å². The Kier molecular flexibility index (Phi) is 15.3. The number of unbranched alkanes of at least 4 members (excludes halogenated alkanes) is 9. The standard InChI is InChI=1S/C40H51O5PS4/c1-4-7-10-13-16-29-17-18-36(47-29)37-21-19-34(48-37)30-27-33(45-26-15-12-9-6-3)31(28-32(30)44-25-14-11-8-5-2)35-20-22-38(49-35)39-23-24-40(50-39)46(41,42)43/h17-24,27-28H,4-16,25-26H2,1-3H3,(H2,41,42,43). The minimum absolute atomic E-state index is 0.0859. The van der Waals surface area contributed by atoms with Gasteiger partial charge in [-0.05, 0) is 86.3 Å². The van der Waals surface area contributed by atoms with Crippen LogP contribution < -0.4 is 14.1 Å². The van der Waals surface area contributed by atoms with Crippen LogP contribution in [0.3, 0.4) is 0 Å². The molecule has 0 aliphatic heterocycles. The van der Waals surface area contributed by atoms with Crippen LogP contribution in [0.15, 0.2) is 60.7 Å². The lowest BCUT2D eigenvalue weighted by molar-refractivity contribution is 0.299. The lowest BCUT2D eigenvalue weighted by Crippen LogP contribution is -2.02. The van der Waals surface area contributed by atoms with Gasteiger partial charge in [-0.1, -0.05) is 78.6 Å². The number of ether oxygens (including phenoxy) is 2. The zero-order valence-electron chi connectivity index (χ0n) is 29.6. The van der Waals surface area contributed by atoms with E-state index in [0.717, 1.165) is 80.7 Å². The molecule has 0 saturated carbocycles. The molecule has 0 aliphatic carbocycles. The van der Waals surface area contributed by atoms with Gasteiger partial charge in [0.15, 0.2) is 0 Å². The Morgan fingerprint density at radius 2 is 0.960 bits per heavy atom. The average Bonchev–Trinajstić information content (AvgIpc) is 3.93. The van der Waals surface area contributed by atoms with Gasteiger partial charge in [0, 0.05) is 45.3 Å². The fraction of sp³-hybridized carbons (Fsp3) is 0.450. The highest BCUT2D eigenvalue weighted by Gasteiger charge is 2.22. The van der Waals surface area contributed by atoms with Crippen molar-refractivity contribution in [2.75, 3.05) is 13.2 Å². The van der Waals surface area contributed by atoms with Crippen molar-refractivity contribution in [2.24, 2.45) is 0 Å². The van der Waals surface area contributed by atoms with Crippen molar-refractivity contribution in [3.05, 3.63) is 65.5 Å². The molecule has 0 atom stereocenters. The van der Waals surface area contributed by atoms with Gasteiger partial charge in [-0.3, -0.25) is 4.57 Å². The van der Waals surface area contributed by atoms with E-state index in [1.54, 1.807) is 17.4 Å². The third-order valence-electron chi connectivity index (χ3n) is 8.64. The molecule has 5 rings (SSSR count). The maximum absolute atomic E-state index is 11.9. The molecule has 0 unspecified atom stereocenters. The zero-order valence-corrected chi connectivity index (χ0v) is 33.7. The molecule has 4 aromatic heterocycles. The number of hydrogen-bond donors (Lipinski definition) is 2. The molecule has 270 valence electrons. The molecule has 10 heteroatoms. The summed E-state index contributed by atoms with van der Waals surface area (Å²) in [5.41, 5.74) is 2.04. The van der Waals surface area contributed by atoms with E-state index in [1.165, 1.54) is 76.9 Å². The van der Waals surface area contributed by atoms with E-state index in [9.17, 15) is 14.4 Å². The SMILES string of the molecule is CCCCCCOc1cc(-c2ccc(-c3ccc(P(=O)(O)O)s3)s2)c(OCCCCCC)cc1-c1ccc(-c2ccc(CCCCCC)s2)s1. The minimum atomic E-state index is -4.29. The molecule has 0 aliphatic rings. The van der Waals surface area contributed by atoms with Crippen LogP contribution in [-0.4, -0.2) is 23.0 Å².